The largest absolute Gasteiger partial charge is 0.389 e. The van der Waals surface area contributed by atoms with Crippen LogP contribution in [0.1, 0.15) is 31.7 Å². The number of rotatable bonds is 4. The molecule has 0 amide bonds. The van der Waals surface area contributed by atoms with Gasteiger partial charge in [0.05, 0.1) is 11.8 Å². The lowest BCUT2D eigenvalue weighted by molar-refractivity contribution is 0.536. The number of aromatic nitrogens is 2. The van der Waals surface area contributed by atoms with Gasteiger partial charge in [-0.2, -0.15) is 5.10 Å². The van der Waals surface area contributed by atoms with Gasteiger partial charge in [-0.25, -0.2) is 0 Å². The van der Waals surface area contributed by atoms with E-state index in [1.807, 2.05) is 0 Å². The van der Waals surface area contributed by atoms with Crippen molar-refractivity contribution in [3.63, 3.8) is 0 Å². The van der Waals surface area contributed by atoms with Crippen LogP contribution in [0.3, 0.4) is 0 Å². The molecule has 0 aromatic carbocycles. The third-order valence-electron chi connectivity index (χ3n) is 3.35. The summed E-state index contributed by atoms with van der Waals surface area (Å²) in [6.07, 6.45) is 5.51. The first-order valence-electron chi connectivity index (χ1n) is 6.02. The van der Waals surface area contributed by atoms with Crippen molar-refractivity contribution in [1.82, 2.24) is 10.2 Å². The van der Waals surface area contributed by atoms with Gasteiger partial charge in [0.15, 0.2) is 5.82 Å². The third kappa shape index (κ3) is 3.12. The van der Waals surface area contributed by atoms with Crippen molar-refractivity contribution in [3.05, 3.63) is 17.8 Å². The number of nitrogens with one attached hydrogen (secondary N) is 1. The molecule has 0 bridgehead atoms. The first-order chi connectivity index (χ1) is 8.16. The summed E-state index contributed by atoms with van der Waals surface area (Å²) in [5.74, 6) is 2.28. The van der Waals surface area contributed by atoms with Crippen LogP contribution in [0.4, 0.5) is 5.82 Å². The number of nitrogens with two attached hydrogens (primary N) is 1. The highest BCUT2D eigenvalue weighted by molar-refractivity contribution is 7.80. The Labute approximate surface area is 107 Å². The Hall–Kier alpha value is -1.23. The van der Waals surface area contributed by atoms with Crippen LogP contribution in [-0.2, 0) is 0 Å². The van der Waals surface area contributed by atoms with E-state index in [0.29, 0.717) is 10.8 Å². The van der Waals surface area contributed by atoms with Crippen LogP contribution in [0.25, 0.3) is 0 Å². The Kier molecular flexibility index (Phi) is 3.89. The standard InChI is InChI=1S/C12H18N4S/c1-8-2-3-9(6-8)7-14-12-10(11(13)17)4-5-15-16-12/h4-5,8-9H,2-3,6-7H2,1H3,(H2,13,17)(H,14,16). The first-order valence-corrected chi connectivity index (χ1v) is 6.43. The smallest absolute Gasteiger partial charge is 0.158 e. The van der Waals surface area contributed by atoms with Gasteiger partial charge in [0.1, 0.15) is 4.99 Å². The second kappa shape index (κ2) is 5.40. The molecule has 2 rings (SSSR count). The predicted molar refractivity (Wildman–Crippen MR) is 72.9 cm³/mol. The van der Waals surface area contributed by atoms with E-state index >= 15 is 0 Å². The maximum Gasteiger partial charge on any atom is 0.158 e. The molecule has 17 heavy (non-hydrogen) atoms. The summed E-state index contributed by atoms with van der Waals surface area (Å²) in [5.41, 5.74) is 6.42. The summed E-state index contributed by atoms with van der Waals surface area (Å²) in [6.45, 7) is 3.24. The van der Waals surface area contributed by atoms with E-state index in [1.165, 1.54) is 19.3 Å². The molecule has 1 aliphatic rings. The summed E-state index contributed by atoms with van der Waals surface area (Å²) in [5, 5.41) is 11.2. The summed E-state index contributed by atoms with van der Waals surface area (Å²) < 4.78 is 0. The Morgan fingerprint density at radius 1 is 1.59 bits per heavy atom. The molecule has 0 radical (unpaired) electrons. The van der Waals surface area contributed by atoms with E-state index in [0.717, 1.165) is 23.9 Å². The molecule has 1 aliphatic carbocycles. The molecule has 1 fully saturated rings. The van der Waals surface area contributed by atoms with E-state index < -0.39 is 0 Å². The summed E-state index contributed by atoms with van der Waals surface area (Å²) in [4.78, 5) is 0.363. The topological polar surface area (TPSA) is 63.8 Å². The number of hydrogen-bond acceptors (Lipinski definition) is 4. The van der Waals surface area contributed by atoms with E-state index in [2.05, 4.69) is 22.4 Å². The molecule has 5 heteroatoms. The third-order valence-corrected chi connectivity index (χ3v) is 3.57. The van der Waals surface area contributed by atoms with E-state index in [1.54, 1.807) is 12.3 Å². The Morgan fingerprint density at radius 3 is 3.06 bits per heavy atom. The summed E-state index contributed by atoms with van der Waals surface area (Å²) in [7, 11) is 0. The van der Waals surface area contributed by atoms with Crippen molar-refractivity contribution in [2.45, 2.75) is 26.2 Å². The molecule has 1 aromatic rings. The number of hydrogen-bond donors (Lipinski definition) is 2. The van der Waals surface area contributed by atoms with Crippen LogP contribution >= 0.6 is 12.2 Å². The van der Waals surface area contributed by atoms with Gasteiger partial charge in [-0.05, 0) is 30.7 Å². The fraction of sp³-hybridized carbons (Fsp3) is 0.583. The summed E-state index contributed by atoms with van der Waals surface area (Å²) in [6, 6.07) is 1.80. The highest BCUT2D eigenvalue weighted by Gasteiger charge is 2.21. The fourth-order valence-electron chi connectivity index (χ4n) is 2.41. The molecular formula is C12H18N4S. The number of nitrogens with zero attached hydrogens (tertiary/aromatic N) is 2. The minimum Gasteiger partial charge on any atom is -0.389 e. The average molecular weight is 250 g/mol. The molecule has 1 heterocycles. The maximum atomic E-state index is 5.64. The molecule has 0 saturated heterocycles. The highest BCUT2D eigenvalue weighted by Crippen LogP contribution is 2.30. The zero-order valence-electron chi connectivity index (χ0n) is 10.0. The van der Waals surface area contributed by atoms with Crippen molar-refractivity contribution in [2.24, 2.45) is 17.6 Å². The Bertz CT molecular complexity index is 407. The molecule has 1 aromatic heterocycles. The minimum atomic E-state index is 0.363. The molecule has 0 spiro atoms. The molecular weight excluding hydrogens is 232 g/mol. The van der Waals surface area contributed by atoms with Crippen LogP contribution in [-0.4, -0.2) is 21.7 Å². The Balaban J connectivity index is 1.97. The van der Waals surface area contributed by atoms with E-state index in [9.17, 15) is 0 Å². The quantitative estimate of drug-likeness (QED) is 0.800. The van der Waals surface area contributed by atoms with Gasteiger partial charge >= 0.3 is 0 Å². The SMILES string of the molecule is CC1CCC(CNc2nnccc2C(N)=S)C1. The number of thiocarbonyl (C=S) groups is 1. The minimum absolute atomic E-state index is 0.363. The van der Waals surface area contributed by atoms with Crippen molar-refractivity contribution < 1.29 is 0 Å². The van der Waals surface area contributed by atoms with Gasteiger partial charge in [0.25, 0.3) is 0 Å². The van der Waals surface area contributed by atoms with Gasteiger partial charge in [0, 0.05) is 6.54 Å². The van der Waals surface area contributed by atoms with Crippen LogP contribution < -0.4 is 11.1 Å². The van der Waals surface area contributed by atoms with Crippen LogP contribution in [0, 0.1) is 11.8 Å². The van der Waals surface area contributed by atoms with Crippen LogP contribution in [0.5, 0.6) is 0 Å². The summed E-state index contributed by atoms with van der Waals surface area (Å²) >= 11 is 4.99. The second-order valence-electron chi connectivity index (χ2n) is 4.82. The van der Waals surface area contributed by atoms with Gasteiger partial charge in [-0.3, -0.25) is 0 Å². The second-order valence-corrected chi connectivity index (χ2v) is 5.26. The van der Waals surface area contributed by atoms with Crippen molar-refractivity contribution in [3.8, 4) is 0 Å². The average Bonchev–Trinajstić information content (AvgIpc) is 2.73. The van der Waals surface area contributed by atoms with Gasteiger partial charge in [-0.15, -0.1) is 5.10 Å². The first kappa shape index (κ1) is 12.2. The molecule has 1 saturated carbocycles. The monoisotopic (exact) mass is 250 g/mol. The lowest BCUT2D eigenvalue weighted by Crippen LogP contribution is -2.18. The Morgan fingerprint density at radius 2 is 2.41 bits per heavy atom. The van der Waals surface area contributed by atoms with Crippen LogP contribution in [0.2, 0.25) is 0 Å². The van der Waals surface area contributed by atoms with E-state index in [-0.39, 0.29) is 0 Å². The maximum absolute atomic E-state index is 5.64. The zero-order valence-corrected chi connectivity index (χ0v) is 10.8. The fourth-order valence-corrected chi connectivity index (χ4v) is 2.58. The zero-order chi connectivity index (χ0) is 12.3. The van der Waals surface area contributed by atoms with Gasteiger partial charge in [0.2, 0.25) is 0 Å². The molecule has 0 aliphatic heterocycles. The molecule has 3 N–H and O–H groups in total. The van der Waals surface area contributed by atoms with Crippen LogP contribution in [0.15, 0.2) is 12.3 Å². The molecule has 2 unspecified atom stereocenters. The van der Waals surface area contributed by atoms with E-state index in [4.69, 9.17) is 18.0 Å². The normalized spacial score (nSPS) is 23.6. The molecule has 92 valence electrons. The lowest BCUT2D eigenvalue weighted by Gasteiger charge is -2.13. The van der Waals surface area contributed by atoms with Gasteiger partial charge < -0.3 is 11.1 Å². The predicted octanol–water partition coefficient (Wildman–Crippen LogP) is 1.96. The van der Waals surface area contributed by atoms with Crippen molar-refractivity contribution in [2.75, 3.05) is 11.9 Å². The lowest BCUT2D eigenvalue weighted by atomic mass is 10.1. The molecule has 2 atom stereocenters. The van der Waals surface area contributed by atoms with Crippen molar-refractivity contribution >= 4 is 23.0 Å². The van der Waals surface area contributed by atoms with Gasteiger partial charge in [-0.1, -0.05) is 25.6 Å². The highest BCUT2D eigenvalue weighted by atomic mass is 32.1. The molecule has 4 nitrogen and oxygen atoms in total. The van der Waals surface area contributed by atoms with Crippen molar-refractivity contribution in [1.29, 1.82) is 0 Å². The number of anilines is 1.